The maximum atomic E-state index is 11.7. The molecule has 0 aliphatic carbocycles. The number of piperazine rings is 1. The van der Waals surface area contributed by atoms with Gasteiger partial charge in [0.25, 0.3) is 0 Å². The van der Waals surface area contributed by atoms with Crippen LogP contribution in [-0.2, 0) is 14.4 Å². The Morgan fingerprint density at radius 3 is 2.67 bits per heavy atom. The number of carbonyl (C=O) groups is 3. The molecule has 3 amide bonds. The second-order valence-electron chi connectivity index (χ2n) is 5.10. The van der Waals surface area contributed by atoms with E-state index in [0.29, 0.717) is 13.0 Å². The van der Waals surface area contributed by atoms with Crippen molar-refractivity contribution >= 4 is 17.7 Å². The van der Waals surface area contributed by atoms with Crippen molar-refractivity contribution < 1.29 is 14.4 Å². The lowest BCUT2D eigenvalue weighted by Crippen LogP contribution is -2.60. The molecule has 1 fully saturated rings. The molecule has 0 radical (unpaired) electrons. The monoisotopic (exact) mass is 256 g/mol. The molecule has 1 unspecified atom stereocenters. The number of nitrogens with two attached hydrogens (primary N) is 1. The Kier molecular flexibility index (Phi) is 4.42. The number of carbonyl (C=O) groups excluding carboxylic acids is 3. The van der Waals surface area contributed by atoms with E-state index in [1.54, 1.807) is 18.7 Å². The van der Waals surface area contributed by atoms with Crippen molar-refractivity contribution in [3.63, 3.8) is 0 Å². The minimum atomic E-state index is -0.764. The third-order valence-electron chi connectivity index (χ3n) is 3.08. The molecule has 1 saturated heterocycles. The Morgan fingerprint density at radius 2 is 2.17 bits per heavy atom. The lowest BCUT2D eigenvalue weighted by molar-refractivity contribution is -0.143. The first-order valence-corrected chi connectivity index (χ1v) is 5.90. The fourth-order valence-corrected chi connectivity index (χ4v) is 2.11. The van der Waals surface area contributed by atoms with Gasteiger partial charge in [-0.1, -0.05) is 6.92 Å². The third-order valence-corrected chi connectivity index (χ3v) is 3.08. The average molecular weight is 256 g/mol. The topological polar surface area (TPSA) is 105 Å². The van der Waals surface area contributed by atoms with E-state index in [4.69, 9.17) is 5.84 Å². The summed E-state index contributed by atoms with van der Waals surface area (Å²) in [6.45, 7) is 5.72. The molecule has 7 nitrogen and oxygen atoms in total. The maximum Gasteiger partial charge on any atom is 0.243 e. The standard InChI is InChI=1S/C11H20N4O3/c1-4-7-9(17)13-8(16)5-15(7)6-11(2,3)10(18)14-12/h7H,4-6,12H2,1-3H3,(H,14,18)(H,13,16,17). The molecule has 1 atom stereocenters. The molecule has 0 aromatic rings. The molecule has 0 aromatic carbocycles. The van der Waals surface area contributed by atoms with Gasteiger partial charge in [0.15, 0.2) is 0 Å². The maximum absolute atomic E-state index is 11.7. The molecule has 0 bridgehead atoms. The van der Waals surface area contributed by atoms with E-state index in [1.165, 1.54) is 0 Å². The molecule has 1 aliphatic heterocycles. The van der Waals surface area contributed by atoms with Gasteiger partial charge in [0.05, 0.1) is 18.0 Å². The smallest absolute Gasteiger partial charge is 0.243 e. The molecule has 1 heterocycles. The normalized spacial score (nSPS) is 21.7. The van der Waals surface area contributed by atoms with E-state index in [9.17, 15) is 14.4 Å². The van der Waals surface area contributed by atoms with Gasteiger partial charge in [0, 0.05) is 6.54 Å². The molecule has 4 N–H and O–H groups in total. The van der Waals surface area contributed by atoms with Crippen LogP contribution in [0.25, 0.3) is 0 Å². The highest BCUT2D eigenvalue weighted by Gasteiger charge is 2.38. The first-order chi connectivity index (χ1) is 8.31. The summed E-state index contributed by atoms with van der Waals surface area (Å²) in [5, 5.41) is 2.29. The Bertz CT molecular complexity index is 367. The zero-order valence-corrected chi connectivity index (χ0v) is 10.9. The second-order valence-corrected chi connectivity index (χ2v) is 5.10. The fourth-order valence-electron chi connectivity index (χ4n) is 2.11. The number of hydrogen-bond donors (Lipinski definition) is 3. The summed E-state index contributed by atoms with van der Waals surface area (Å²) in [4.78, 5) is 36.4. The predicted molar refractivity (Wildman–Crippen MR) is 64.9 cm³/mol. The van der Waals surface area contributed by atoms with Crippen LogP contribution in [0, 0.1) is 5.41 Å². The number of amides is 3. The van der Waals surface area contributed by atoms with Crippen LogP contribution >= 0.6 is 0 Å². The number of nitrogens with one attached hydrogen (secondary N) is 2. The van der Waals surface area contributed by atoms with Crippen molar-refractivity contribution in [2.75, 3.05) is 13.1 Å². The van der Waals surface area contributed by atoms with Gasteiger partial charge < -0.3 is 0 Å². The zero-order chi connectivity index (χ0) is 13.9. The predicted octanol–water partition coefficient (Wildman–Crippen LogP) is -1.26. The number of hydrazine groups is 1. The molecular weight excluding hydrogens is 236 g/mol. The van der Waals surface area contributed by atoms with Gasteiger partial charge in [0.2, 0.25) is 17.7 Å². The van der Waals surface area contributed by atoms with Gasteiger partial charge in [-0.2, -0.15) is 0 Å². The van der Waals surface area contributed by atoms with Crippen LogP contribution in [-0.4, -0.2) is 41.8 Å². The summed E-state index contributed by atoms with van der Waals surface area (Å²) in [5.74, 6) is 4.15. The van der Waals surface area contributed by atoms with Crippen molar-refractivity contribution in [3.05, 3.63) is 0 Å². The molecule has 7 heteroatoms. The van der Waals surface area contributed by atoms with Crippen LogP contribution < -0.4 is 16.6 Å². The molecule has 18 heavy (non-hydrogen) atoms. The van der Waals surface area contributed by atoms with Crippen LogP contribution in [0.3, 0.4) is 0 Å². The Morgan fingerprint density at radius 1 is 1.56 bits per heavy atom. The Hall–Kier alpha value is -1.47. The molecule has 1 aliphatic rings. The average Bonchev–Trinajstić information content (AvgIpc) is 2.26. The molecule has 0 saturated carbocycles. The minimum absolute atomic E-state index is 0.117. The van der Waals surface area contributed by atoms with Gasteiger partial charge >= 0.3 is 0 Å². The highest BCUT2D eigenvalue weighted by molar-refractivity contribution is 6.01. The highest BCUT2D eigenvalue weighted by atomic mass is 16.2. The van der Waals surface area contributed by atoms with Crippen LogP contribution in [0.5, 0.6) is 0 Å². The third kappa shape index (κ3) is 3.05. The van der Waals surface area contributed by atoms with E-state index in [0.717, 1.165) is 0 Å². The van der Waals surface area contributed by atoms with Crippen molar-refractivity contribution in [2.45, 2.75) is 33.2 Å². The van der Waals surface area contributed by atoms with E-state index in [-0.39, 0.29) is 30.3 Å². The Balaban J connectivity index is 2.82. The zero-order valence-electron chi connectivity index (χ0n) is 10.9. The van der Waals surface area contributed by atoms with Crippen LogP contribution in [0.4, 0.5) is 0 Å². The van der Waals surface area contributed by atoms with Crippen molar-refractivity contribution in [1.82, 2.24) is 15.6 Å². The number of hydrogen-bond acceptors (Lipinski definition) is 5. The molecule has 0 spiro atoms. The summed E-state index contributed by atoms with van der Waals surface area (Å²) >= 11 is 0. The van der Waals surface area contributed by atoms with Gasteiger partial charge in [-0.05, 0) is 20.3 Å². The van der Waals surface area contributed by atoms with Gasteiger partial charge in [-0.3, -0.25) is 30.0 Å². The summed E-state index contributed by atoms with van der Waals surface area (Å²) in [6.07, 6.45) is 0.583. The lowest BCUT2D eigenvalue weighted by Gasteiger charge is -2.37. The van der Waals surface area contributed by atoms with E-state index >= 15 is 0 Å². The summed E-state index contributed by atoms with van der Waals surface area (Å²) in [5.41, 5.74) is 1.34. The summed E-state index contributed by atoms with van der Waals surface area (Å²) < 4.78 is 0. The van der Waals surface area contributed by atoms with Crippen molar-refractivity contribution in [1.29, 1.82) is 0 Å². The molecular formula is C11H20N4O3. The molecule has 0 aromatic heterocycles. The number of imide groups is 1. The van der Waals surface area contributed by atoms with E-state index in [1.807, 2.05) is 6.92 Å². The lowest BCUT2D eigenvalue weighted by atomic mass is 9.90. The largest absolute Gasteiger partial charge is 0.294 e. The van der Waals surface area contributed by atoms with Crippen LogP contribution in [0.2, 0.25) is 0 Å². The fraction of sp³-hybridized carbons (Fsp3) is 0.727. The van der Waals surface area contributed by atoms with Crippen LogP contribution in [0.15, 0.2) is 0 Å². The van der Waals surface area contributed by atoms with Crippen molar-refractivity contribution in [2.24, 2.45) is 11.3 Å². The number of rotatable bonds is 4. The van der Waals surface area contributed by atoms with Crippen molar-refractivity contribution in [3.8, 4) is 0 Å². The highest BCUT2D eigenvalue weighted by Crippen LogP contribution is 2.20. The molecule has 1 rings (SSSR count). The van der Waals surface area contributed by atoms with E-state index < -0.39 is 5.41 Å². The first-order valence-electron chi connectivity index (χ1n) is 5.90. The van der Waals surface area contributed by atoms with E-state index in [2.05, 4.69) is 10.7 Å². The Labute approximate surface area is 106 Å². The first kappa shape index (κ1) is 14.6. The minimum Gasteiger partial charge on any atom is -0.294 e. The quantitative estimate of drug-likeness (QED) is 0.252. The van der Waals surface area contributed by atoms with Gasteiger partial charge in [-0.15, -0.1) is 0 Å². The molecule has 102 valence electrons. The van der Waals surface area contributed by atoms with Gasteiger partial charge in [0.1, 0.15) is 0 Å². The summed E-state index contributed by atoms with van der Waals surface area (Å²) in [6, 6.07) is -0.382. The number of nitrogens with zero attached hydrogens (tertiary/aromatic N) is 1. The SMILES string of the molecule is CCC1C(=O)NC(=O)CN1CC(C)(C)C(=O)NN. The van der Waals surface area contributed by atoms with Gasteiger partial charge in [-0.25, -0.2) is 5.84 Å². The summed E-state index contributed by atoms with van der Waals surface area (Å²) in [7, 11) is 0. The van der Waals surface area contributed by atoms with Crippen LogP contribution in [0.1, 0.15) is 27.2 Å². The second kappa shape index (κ2) is 5.45.